The second-order valence-corrected chi connectivity index (χ2v) is 5.29. The van der Waals surface area contributed by atoms with E-state index in [2.05, 4.69) is 15.5 Å². The van der Waals surface area contributed by atoms with Gasteiger partial charge in [0, 0.05) is 13.1 Å². The van der Waals surface area contributed by atoms with Gasteiger partial charge in [0.25, 0.3) is 0 Å². The van der Waals surface area contributed by atoms with Crippen LogP contribution in [-0.2, 0) is 0 Å². The molecule has 1 saturated heterocycles. The van der Waals surface area contributed by atoms with E-state index in [9.17, 15) is 14.7 Å². The zero-order valence-electron chi connectivity index (χ0n) is 11.8. The van der Waals surface area contributed by atoms with E-state index in [1.807, 2.05) is 7.05 Å². The number of carbonyl (C=O) groups excluding carboxylic acids is 1. The summed E-state index contributed by atoms with van der Waals surface area (Å²) in [5, 5.41) is 23.7. The molecule has 7 nitrogen and oxygen atoms in total. The third kappa shape index (κ3) is 4.09. The number of carbonyl (C=O) groups is 2. The summed E-state index contributed by atoms with van der Waals surface area (Å²) < 4.78 is 0. The Bertz CT molecular complexity index is 547. The van der Waals surface area contributed by atoms with Crippen molar-refractivity contribution in [3.63, 3.8) is 0 Å². The highest BCUT2D eigenvalue weighted by Crippen LogP contribution is 2.24. The fourth-order valence-corrected chi connectivity index (χ4v) is 2.37. The molecule has 1 aromatic carbocycles. The number of nitrogens with zero attached hydrogens (tertiary/aromatic N) is 1. The van der Waals surface area contributed by atoms with Crippen LogP contribution in [-0.4, -0.2) is 53.8 Å². The second kappa shape index (κ2) is 6.45. The van der Waals surface area contributed by atoms with Crippen LogP contribution < -0.4 is 10.6 Å². The fraction of sp³-hybridized carbons (Fsp3) is 0.429. The molecule has 1 aromatic rings. The number of phenolic OH excluding ortho intramolecular Hbond substituents is 1. The molecule has 0 radical (unpaired) electrons. The van der Waals surface area contributed by atoms with Gasteiger partial charge in [-0.2, -0.15) is 0 Å². The smallest absolute Gasteiger partial charge is 0.335 e. The number of carboxylic acid groups (broad SMARTS) is 1. The topological polar surface area (TPSA) is 102 Å². The van der Waals surface area contributed by atoms with Crippen molar-refractivity contribution in [2.75, 3.05) is 32.0 Å². The summed E-state index contributed by atoms with van der Waals surface area (Å²) in [6.45, 7) is 2.56. The standard InChI is InChI=1S/C14H19N3O4/c1-17-5-4-9(8-17)7-15-14(21)16-11-3-2-10(13(19)20)6-12(11)18/h2-3,6,9,18H,4-5,7-8H2,1H3,(H,19,20)(H2,15,16,21). The van der Waals surface area contributed by atoms with E-state index in [1.165, 1.54) is 12.1 Å². The summed E-state index contributed by atoms with van der Waals surface area (Å²) in [5.74, 6) is -0.971. The first-order valence-corrected chi connectivity index (χ1v) is 6.75. The van der Waals surface area contributed by atoms with Gasteiger partial charge in [0.1, 0.15) is 5.75 Å². The van der Waals surface area contributed by atoms with E-state index >= 15 is 0 Å². The number of rotatable bonds is 4. The van der Waals surface area contributed by atoms with Crippen molar-refractivity contribution in [3.8, 4) is 5.75 Å². The Kier molecular flexibility index (Phi) is 4.64. The number of phenols is 1. The quantitative estimate of drug-likeness (QED) is 0.624. The number of aromatic carboxylic acids is 1. The van der Waals surface area contributed by atoms with Crippen molar-refractivity contribution in [3.05, 3.63) is 23.8 Å². The molecule has 0 bridgehead atoms. The van der Waals surface area contributed by atoms with Crippen LogP contribution in [0.15, 0.2) is 18.2 Å². The average molecular weight is 293 g/mol. The molecule has 1 fully saturated rings. The number of hydrogen-bond donors (Lipinski definition) is 4. The SMILES string of the molecule is CN1CCC(CNC(=O)Nc2ccc(C(=O)O)cc2O)C1. The lowest BCUT2D eigenvalue weighted by Gasteiger charge is -2.13. The van der Waals surface area contributed by atoms with Crippen LogP contribution in [0.2, 0.25) is 0 Å². The van der Waals surface area contributed by atoms with Crippen molar-refractivity contribution in [2.45, 2.75) is 6.42 Å². The van der Waals surface area contributed by atoms with Gasteiger partial charge in [-0.1, -0.05) is 0 Å². The summed E-state index contributed by atoms with van der Waals surface area (Å²) in [5.41, 5.74) is 0.147. The number of likely N-dealkylation sites (tertiary alicyclic amines) is 1. The zero-order chi connectivity index (χ0) is 15.4. The first-order chi connectivity index (χ1) is 9.95. The minimum absolute atomic E-state index is 0.0348. The number of aromatic hydroxyl groups is 1. The Hall–Kier alpha value is -2.28. The van der Waals surface area contributed by atoms with Gasteiger partial charge in [-0.15, -0.1) is 0 Å². The van der Waals surface area contributed by atoms with Crippen molar-refractivity contribution < 1.29 is 19.8 Å². The normalized spacial score (nSPS) is 18.4. The monoisotopic (exact) mass is 293 g/mol. The zero-order valence-corrected chi connectivity index (χ0v) is 11.8. The highest BCUT2D eigenvalue weighted by Gasteiger charge is 2.20. The third-order valence-corrected chi connectivity index (χ3v) is 3.53. The Labute approximate surface area is 122 Å². The van der Waals surface area contributed by atoms with E-state index in [0.29, 0.717) is 12.5 Å². The number of carboxylic acids is 1. The number of anilines is 1. The molecule has 114 valence electrons. The fourth-order valence-electron chi connectivity index (χ4n) is 2.37. The maximum atomic E-state index is 11.8. The Morgan fingerprint density at radius 3 is 2.76 bits per heavy atom. The van der Waals surface area contributed by atoms with E-state index in [0.717, 1.165) is 25.6 Å². The molecule has 1 aliphatic heterocycles. The van der Waals surface area contributed by atoms with Crippen LogP contribution in [0.3, 0.4) is 0 Å². The van der Waals surface area contributed by atoms with Crippen LogP contribution in [0, 0.1) is 5.92 Å². The molecule has 0 spiro atoms. The predicted molar refractivity (Wildman–Crippen MR) is 77.7 cm³/mol. The average Bonchev–Trinajstić information content (AvgIpc) is 2.84. The number of hydrogen-bond acceptors (Lipinski definition) is 4. The molecule has 0 aromatic heterocycles. The number of benzene rings is 1. The van der Waals surface area contributed by atoms with Crippen LogP contribution in [0.1, 0.15) is 16.8 Å². The summed E-state index contributed by atoms with van der Waals surface area (Å²) in [6, 6.07) is 3.37. The minimum atomic E-state index is -1.13. The van der Waals surface area contributed by atoms with Crippen LogP contribution in [0.4, 0.5) is 10.5 Å². The van der Waals surface area contributed by atoms with Gasteiger partial charge in [-0.25, -0.2) is 9.59 Å². The second-order valence-electron chi connectivity index (χ2n) is 5.29. The summed E-state index contributed by atoms with van der Waals surface area (Å²) >= 11 is 0. The van der Waals surface area contributed by atoms with Crippen molar-refractivity contribution >= 4 is 17.7 Å². The molecule has 1 atom stereocenters. The lowest BCUT2D eigenvalue weighted by molar-refractivity contribution is 0.0696. The Morgan fingerprint density at radius 2 is 2.19 bits per heavy atom. The lowest BCUT2D eigenvalue weighted by Crippen LogP contribution is -2.33. The molecular formula is C14H19N3O4. The largest absolute Gasteiger partial charge is 0.506 e. The maximum absolute atomic E-state index is 11.8. The molecule has 4 N–H and O–H groups in total. The molecule has 1 aliphatic rings. The van der Waals surface area contributed by atoms with E-state index < -0.39 is 12.0 Å². The number of amides is 2. The third-order valence-electron chi connectivity index (χ3n) is 3.53. The Morgan fingerprint density at radius 1 is 1.43 bits per heavy atom. The highest BCUT2D eigenvalue weighted by atomic mass is 16.4. The Balaban J connectivity index is 1.86. The van der Waals surface area contributed by atoms with Gasteiger partial charge in [-0.3, -0.25) is 0 Å². The van der Waals surface area contributed by atoms with Gasteiger partial charge >= 0.3 is 12.0 Å². The molecule has 1 unspecified atom stereocenters. The van der Waals surface area contributed by atoms with Crippen LogP contribution in [0.5, 0.6) is 5.75 Å². The molecule has 2 amide bonds. The van der Waals surface area contributed by atoms with Crippen LogP contribution in [0.25, 0.3) is 0 Å². The van der Waals surface area contributed by atoms with Crippen molar-refractivity contribution in [2.24, 2.45) is 5.92 Å². The van der Waals surface area contributed by atoms with Gasteiger partial charge in [0.2, 0.25) is 0 Å². The van der Waals surface area contributed by atoms with Gasteiger partial charge in [-0.05, 0) is 44.1 Å². The molecule has 1 heterocycles. The van der Waals surface area contributed by atoms with Crippen LogP contribution >= 0.6 is 0 Å². The van der Waals surface area contributed by atoms with E-state index in [1.54, 1.807) is 0 Å². The lowest BCUT2D eigenvalue weighted by atomic mass is 10.1. The molecule has 0 aliphatic carbocycles. The number of urea groups is 1. The summed E-state index contributed by atoms with van der Waals surface area (Å²) in [6.07, 6.45) is 1.05. The molecular weight excluding hydrogens is 274 g/mol. The van der Waals surface area contributed by atoms with Crippen molar-refractivity contribution in [1.29, 1.82) is 0 Å². The minimum Gasteiger partial charge on any atom is -0.506 e. The van der Waals surface area contributed by atoms with Gasteiger partial charge in [0.05, 0.1) is 11.3 Å². The molecule has 0 saturated carbocycles. The molecule has 7 heteroatoms. The van der Waals surface area contributed by atoms with Crippen molar-refractivity contribution in [1.82, 2.24) is 10.2 Å². The van der Waals surface area contributed by atoms with Gasteiger partial charge in [0.15, 0.2) is 0 Å². The summed E-state index contributed by atoms with van der Waals surface area (Å²) in [7, 11) is 2.04. The first-order valence-electron chi connectivity index (χ1n) is 6.75. The number of nitrogens with one attached hydrogen (secondary N) is 2. The maximum Gasteiger partial charge on any atom is 0.335 e. The van der Waals surface area contributed by atoms with E-state index in [4.69, 9.17) is 5.11 Å². The molecule has 21 heavy (non-hydrogen) atoms. The van der Waals surface area contributed by atoms with E-state index in [-0.39, 0.29) is 17.0 Å². The van der Waals surface area contributed by atoms with Gasteiger partial charge < -0.3 is 25.7 Å². The molecule has 2 rings (SSSR count). The highest BCUT2D eigenvalue weighted by molar-refractivity contribution is 5.93. The predicted octanol–water partition coefficient (Wildman–Crippen LogP) is 1.16. The summed E-state index contributed by atoms with van der Waals surface area (Å²) in [4.78, 5) is 24.7. The first kappa shape index (κ1) is 15.1.